The van der Waals surface area contributed by atoms with Crippen LogP contribution < -0.4 is 10.2 Å². The van der Waals surface area contributed by atoms with Crippen molar-refractivity contribution in [2.24, 2.45) is 0 Å². The van der Waals surface area contributed by atoms with Gasteiger partial charge in [-0.3, -0.25) is 4.79 Å². The van der Waals surface area contributed by atoms with E-state index in [1.54, 1.807) is 18.2 Å². The molecule has 1 aliphatic heterocycles. The van der Waals surface area contributed by atoms with Gasteiger partial charge in [0.1, 0.15) is 11.9 Å². The molecule has 1 aliphatic rings. The number of benzene rings is 1. The molecule has 1 saturated heterocycles. The number of anilines is 1. The van der Waals surface area contributed by atoms with Gasteiger partial charge in [-0.2, -0.15) is 0 Å². The van der Waals surface area contributed by atoms with Crippen molar-refractivity contribution in [1.29, 1.82) is 0 Å². The third kappa shape index (κ3) is 2.95. The Morgan fingerprint density at radius 3 is 2.87 bits per heavy atom. The number of aromatic nitrogens is 2. The summed E-state index contributed by atoms with van der Waals surface area (Å²) in [6, 6.07) is 6.66. The van der Waals surface area contributed by atoms with Crippen molar-refractivity contribution < 1.29 is 13.6 Å². The standard InChI is InChI=1S/C16H18F2N4O/c1-2-5-12-16(23)19-8-9-22(12)15-10-6-3-4-7-11(10)20-14(21-15)13(17)18/h3-4,6-7,12-13H,2,5,8-9H2,1H3,(H,19,23). The molecule has 5 nitrogen and oxygen atoms in total. The number of nitrogens with zero attached hydrogens (tertiary/aromatic N) is 3. The number of hydrogen-bond donors (Lipinski definition) is 1. The Labute approximate surface area is 132 Å². The molecular formula is C16H18F2N4O. The van der Waals surface area contributed by atoms with Gasteiger partial charge in [0.05, 0.1) is 5.52 Å². The van der Waals surface area contributed by atoms with Gasteiger partial charge in [-0.15, -0.1) is 0 Å². The number of hydrogen-bond acceptors (Lipinski definition) is 4. The lowest BCUT2D eigenvalue weighted by atomic mass is 10.1. The summed E-state index contributed by atoms with van der Waals surface area (Å²) in [5.41, 5.74) is 0.467. The van der Waals surface area contributed by atoms with E-state index in [9.17, 15) is 13.6 Å². The highest BCUT2D eigenvalue weighted by atomic mass is 19.3. The van der Waals surface area contributed by atoms with E-state index >= 15 is 0 Å². The number of halogens is 2. The minimum atomic E-state index is -2.75. The lowest BCUT2D eigenvalue weighted by molar-refractivity contribution is -0.123. The molecule has 2 aromatic rings. The average Bonchev–Trinajstić information content (AvgIpc) is 2.56. The minimum Gasteiger partial charge on any atom is -0.353 e. The zero-order chi connectivity index (χ0) is 16.4. The number of para-hydroxylation sites is 1. The predicted molar refractivity (Wildman–Crippen MR) is 83.5 cm³/mol. The number of fused-ring (bicyclic) bond motifs is 1. The Morgan fingerprint density at radius 1 is 1.35 bits per heavy atom. The van der Waals surface area contributed by atoms with Crippen molar-refractivity contribution in [3.05, 3.63) is 30.1 Å². The second-order valence-electron chi connectivity index (χ2n) is 5.51. The molecule has 0 spiro atoms. The number of carbonyl (C=O) groups is 1. The minimum absolute atomic E-state index is 0.0839. The molecule has 1 fully saturated rings. The van der Waals surface area contributed by atoms with Gasteiger partial charge in [0.25, 0.3) is 6.43 Å². The summed E-state index contributed by atoms with van der Waals surface area (Å²) >= 11 is 0. The summed E-state index contributed by atoms with van der Waals surface area (Å²) in [7, 11) is 0. The summed E-state index contributed by atoms with van der Waals surface area (Å²) < 4.78 is 26.3. The molecule has 1 aromatic heterocycles. The van der Waals surface area contributed by atoms with Crippen LogP contribution in [0.25, 0.3) is 10.9 Å². The second kappa shape index (κ2) is 6.44. The van der Waals surface area contributed by atoms with Gasteiger partial charge < -0.3 is 10.2 Å². The molecule has 0 bridgehead atoms. The molecule has 0 radical (unpaired) electrons. The summed E-state index contributed by atoms with van der Waals surface area (Å²) in [4.78, 5) is 22.0. The fourth-order valence-corrected chi connectivity index (χ4v) is 2.92. The van der Waals surface area contributed by atoms with Crippen LogP contribution in [0.1, 0.15) is 32.0 Å². The maximum Gasteiger partial charge on any atom is 0.297 e. The van der Waals surface area contributed by atoms with Crippen LogP contribution >= 0.6 is 0 Å². The molecule has 1 atom stereocenters. The Kier molecular flexibility index (Phi) is 4.36. The van der Waals surface area contributed by atoms with Gasteiger partial charge in [0.2, 0.25) is 5.91 Å². The molecular weight excluding hydrogens is 302 g/mol. The van der Waals surface area contributed by atoms with E-state index < -0.39 is 18.3 Å². The summed E-state index contributed by atoms with van der Waals surface area (Å²) in [6.07, 6.45) is -1.28. The van der Waals surface area contributed by atoms with Crippen LogP contribution in [-0.2, 0) is 4.79 Å². The maximum absolute atomic E-state index is 13.1. The van der Waals surface area contributed by atoms with Crippen LogP contribution in [0.4, 0.5) is 14.6 Å². The molecule has 1 amide bonds. The Hall–Kier alpha value is -2.31. The molecule has 2 heterocycles. The van der Waals surface area contributed by atoms with E-state index in [2.05, 4.69) is 15.3 Å². The molecule has 3 rings (SSSR count). The highest BCUT2D eigenvalue weighted by Gasteiger charge is 2.31. The van der Waals surface area contributed by atoms with Gasteiger partial charge in [0.15, 0.2) is 5.82 Å². The molecule has 1 aromatic carbocycles. The Balaban J connectivity index is 2.14. The number of alkyl halides is 2. The second-order valence-corrected chi connectivity index (χ2v) is 5.51. The van der Waals surface area contributed by atoms with Crippen LogP contribution in [0.2, 0.25) is 0 Å². The summed E-state index contributed by atoms with van der Waals surface area (Å²) in [6.45, 7) is 3.00. The SMILES string of the molecule is CCCC1C(=O)NCCN1c1nc(C(F)F)nc2ccccc12. The average molecular weight is 320 g/mol. The first-order chi connectivity index (χ1) is 11.1. The highest BCUT2D eigenvalue weighted by Crippen LogP contribution is 2.29. The molecule has 1 N–H and O–H groups in total. The fraction of sp³-hybridized carbons (Fsp3) is 0.438. The predicted octanol–water partition coefficient (Wildman–Crippen LogP) is 2.67. The number of amides is 1. The molecule has 122 valence electrons. The molecule has 0 saturated carbocycles. The number of carbonyl (C=O) groups excluding carboxylic acids is 1. The maximum atomic E-state index is 13.1. The van der Waals surface area contributed by atoms with Gasteiger partial charge in [-0.05, 0) is 18.6 Å². The first-order valence-corrected chi connectivity index (χ1v) is 7.71. The summed E-state index contributed by atoms with van der Waals surface area (Å²) in [5, 5.41) is 3.52. The van der Waals surface area contributed by atoms with Crippen LogP contribution in [0.15, 0.2) is 24.3 Å². The van der Waals surface area contributed by atoms with Gasteiger partial charge >= 0.3 is 0 Å². The van der Waals surface area contributed by atoms with E-state index in [1.165, 1.54) is 0 Å². The Morgan fingerprint density at radius 2 is 2.13 bits per heavy atom. The fourth-order valence-electron chi connectivity index (χ4n) is 2.92. The molecule has 0 aliphatic carbocycles. The lowest BCUT2D eigenvalue weighted by Gasteiger charge is -2.36. The number of rotatable bonds is 4. The van der Waals surface area contributed by atoms with E-state index in [4.69, 9.17) is 0 Å². The Bertz CT molecular complexity index is 722. The van der Waals surface area contributed by atoms with E-state index in [0.29, 0.717) is 36.2 Å². The number of piperazine rings is 1. The zero-order valence-electron chi connectivity index (χ0n) is 12.8. The largest absolute Gasteiger partial charge is 0.353 e. The summed E-state index contributed by atoms with van der Waals surface area (Å²) in [5.74, 6) is -0.168. The highest BCUT2D eigenvalue weighted by molar-refractivity contribution is 5.93. The molecule has 23 heavy (non-hydrogen) atoms. The van der Waals surface area contributed by atoms with Crippen molar-refractivity contribution in [3.8, 4) is 0 Å². The van der Waals surface area contributed by atoms with Crippen molar-refractivity contribution in [1.82, 2.24) is 15.3 Å². The first-order valence-electron chi connectivity index (χ1n) is 7.71. The van der Waals surface area contributed by atoms with Gasteiger partial charge in [-0.25, -0.2) is 18.7 Å². The third-order valence-corrected chi connectivity index (χ3v) is 3.96. The van der Waals surface area contributed by atoms with Crippen molar-refractivity contribution in [2.75, 3.05) is 18.0 Å². The van der Waals surface area contributed by atoms with Crippen LogP contribution in [0.5, 0.6) is 0 Å². The quantitative estimate of drug-likeness (QED) is 0.941. The van der Waals surface area contributed by atoms with Crippen molar-refractivity contribution in [3.63, 3.8) is 0 Å². The van der Waals surface area contributed by atoms with Crippen molar-refractivity contribution >= 4 is 22.6 Å². The zero-order valence-corrected chi connectivity index (χ0v) is 12.8. The molecule has 1 unspecified atom stereocenters. The smallest absolute Gasteiger partial charge is 0.297 e. The van der Waals surface area contributed by atoms with Crippen LogP contribution in [0, 0.1) is 0 Å². The van der Waals surface area contributed by atoms with Gasteiger partial charge in [-0.1, -0.05) is 25.5 Å². The van der Waals surface area contributed by atoms with E-state index in [-0.39, 0.29) is 5.91 Å². The van der Waals surface area contributed by atoms with E-state index in [1.807, 2.05) is 17.9 Å². The third-order valence-electron chi connectivity index (χ3n) is 3.96. The monoisotopic (exact) mass is 320 g/mol. The van der Waals surface area contributed by atoms with Gasteiger partial charge in [0, 0.05) is 18.5 Å². The first kappa shape index (κ1) is 15.6. The lowest BCUT2D eigenvalue weighted by Crippen LogP contribution is -2.55. The van der Waals surface area contributed by atoms with Crippen LogP contribution in [0.3, 0.4) is 0 Å². The normalized spacial score (nSPS) is 18.5. The van der Waals surface area contributed by atoms with Crippen LogP contribution in [-0.4, -0.2) is 35.0 Å². The van der Waals surface area contributed by atoms with Crippen molar-refractivity contribution in [2.45, 2.75) is 32.2 Å². The topological polar surface area (TPSA) is 58.1 Å². The van der Waals surface area contributed by atoms with E-state index in [0.717, 1.165) is 6.42 Å². The number of nitrogens with one attached hydrogen (secondary N) is 1. The molecule has 7 heteroatoms.